The summed E-state index contributed by atoms with van der Waals surface area (Å²) < 4.78 is 18.9. The highest BCUT2D eigenvalue weighted by atomic mass is 35.5. The Morgan fingerprint density at radius 2 is 1.69 bits per heavy atom. The van der Waals surface area contributed by atoms with Gasteiger partial charge in [0.1, 0.15) is 18.2 Å². The number of halogens is 2. The number of amides is 1. The molecule has 148 valence electrons. The van der Waals surface area contributed by atoms with Gasteiger partial charge in [0.15, 0.2) is 0 Å². The van der Waals surface area contributed by atoms with Gasteiger partial charge in [0.25, 0.3) is 5.91 Å². The summed E-state index contributed by atoms with van der Waals surface area (Å²) in [4.78, 5) is 12.0. The van der Waals surface area contributed by atoms with Crippen LogP contribution in [0, 0.1) is 19.7 Å². The van der Waals surface area contributed by atoms with Crippen molar-refractivity contribution in [2.75, 3.05) is 0 Å². The molecule has 3 aromatic carbocycles. The second-order valence-electron chi connectivity index (χ2n) is 6.60. The third-order valence-electron chi connectivity index (χ3n) is 4.27. The summed E-state index contributed by atoms with van der Waals surface area (Å²) in [7, 11) is 0. The van der Waals surface area contributed by atoms with Gasteiger partial charge in [-0.1, -0.05) is 23.7 Å². The maximum absolute atomic E-state index is 12.9. The molecular formula is C23H20ClFN2O2. The molecule has 0 saturated carbocycles. The van der Waals surface area contributed by atoms with Crippen LogP contribution < -0.4 is 10.2 Å². The number of nitrogens with one attached hydrogen (secondary N) is 1. The third-order valence-corrected chi connectivity index (χ3v) is 4.52. The molecule has 3 rings (SSSR count). The van der Waals surface area contributed by atoms with Crippen molar-refractivity contribution in [3.8, 4) is 5.75 Å². The molecule has 0 spiro atoms. The molecule has 0 aliphatic heterocycles. The molecular weight excluding hydrogens is 391 g/mol. The fourth-order valence-corrected chi connectivity index (χ4v) is 2.98. The summed E-state index contributed by atoms with van der Waals surface area (Å²) in [6.07, 6.45) is 1.56. The topological polar surface area (TPSA) is 50.7 Å². The van der Waals surface area contributed by atoms with Crippen LogP contribution in [0.2, 0.25) is 5.02 Å². The highest BCUT2D eigenvalue weighted by Crippen LogP contribution is 2.25. The largest absolute Gasteiger partial charge is 0.488 e. The minimum absolute atomic E-state index is 0.335. The minimum atomic E-state index is -0.405. The zero-order valence-corrected chi connectivity index (χ0v) is 16.8. The number of benzene rings is 3. The van der Waals surface area contributed by atoms with E-state index in [1.54, 1.807) is 6.21 Å². The Labute approximate surface area is 174 Å². The average Bonchev–Trinajstić information content (AvgIpc) is 2.69. The molecule has 0 aliphatic carbocycles. The summed E-state index contributed by atoms with van der Waals surface area (Å²) in [5, 5.41) is 4.67. The summed E-state index contributed by atoms with van der Waals surface area (Å²) in [6, 6.07) is 16.6. The molecule has 29 heavy (non-hydrogen) atoms. The Kier molecular flexibility index (Phi) is 6.62. The van der Waals surface area contributed by atoms with E-state index in [0.29, 0.717) is 17.2 Å². The van der Waals surface area contributed by atoms with Crippen molar-refractivity contribution in [2.45, 2.75) is 20.5 Å². The van der Waals surface area contributed by atoms with Crippen molar-refractivity contribution in [3.05, 3.63) is 99.3 Å². The van der Waals surface area contributed by atoms with Crippen molar-refractivity contribution in [3.63, 3.8) is 0 Å². The minimum Gasteiger partial charge on any atom is -0.488 e. The molecule has 0 saturated heterocycles. The molecule has 0 atom stereocenters. The van der Waals surface area contributed by atoms with Gasteiger partial charge in [0, 0.05) is 10.6 Å². The summed E-state index contributed by atoms with van der Waals surface area (Å²) in [5.41, 5.74) is 6.56. The Morgan fingerprint density at radius 1 is 1.07 bits per heavy atom. The number of hydrogen-bond donors (Lipinski definition) is 1. The molecule has 0 unspecified atom stereocenters. The van der Waals surface area contributed by atoms with Crippen molar-refractivity contribution in [1.29, 1.82) is 0 Å². The first-order valence-electron chi connectivity index (χ1n) is 9.00. The number of carbonyl (C=O) groups excluding carboxylic acids is 1. The van der Waals surface area contributed by atoms with Crippen LogP contribution in [0.25, 0.3) is 0 Å². The zero-order chi connectivity index (χ0) is 20.8. The monoisotopic (exact) mass is 410 g/mol. The first kappa shape index (κ1) is 20.6. The van der Waals surface area contributed by atoms with E-state index >= 15 is 0 Å². The highest BCUT2D eigenvalue weighted by molar-refractivity contribution is 6.30. The van der Waals surface area contributed by atoms with Crippen LogP contribution in [0.1, 0.15) is 32.6 Å². The van der Waals surface area contributed by atoms with Gasteiger partial charge in [-0.05, 0) is 84.6 Å². The Balaban J connectivity index is 1.63. The maximum atomic E-state index is 12.9. The lowest BCUT2D eigenvalue weighted by Gasteiger charge is -2.13. The average molecular weight is 411 g/mol. The molecule has 0 aliphatic rings. The molecule has 3 aromatic rings. The standard InChI is InChI=1S/C23H20ClFN2O2/c1-15-11-18(13-26-27-23(28)19-5-9-21(25)10-6-19)12-16(2)22(15)29-14-17-3-7-20(24)8-4-17/h3-13H,14H2,1-2H3,(H,27,28)/b26-13-. The second-order valence-corrected chi connectivity index (χ2v) is 7.04. The van der Waals surface area contributed by atoms with Gasteiger partial charge in [-0.25, -0.2) is 9.82 Å². The molecule has 1 amide bonds. The van der Waals surface area contributed by atoms with Gasteiger partial charge in [-0.15, -0.1) is 0 Å². The Bertz CT molecular complexity index is 1010. The van der Waals surface area contributed by atoms with Gasteiger partial charge in [0.2, 0.25) is 0 Å². The van der Waals surface area contributed by atoms with E-state index in [9.17, 15) is 9.18 Å². The van der Waals surface area contributed by atoms with Crippen LogP contribution in [-0.4, -0.2) is 12.1 Å². The zero-order valence-electron chi connectivity index (χ0n) is 16.1. The number of hydrogen-bond acceptors (Lipinski definition) is 3. The van der Waals surface area contributed by atoms with Gasteiger partial charge < -0.3 is 4.74 Å². The van der Waals surface area contributed by atoms with Crippen LogP contribution in [0.15, 0.2) is 65.8 Å². The van der Waals surface area contributed by atoms with Crippen LogP contribution in [0.3, 0.4) is 0 Å². The van der Waals surface area contributed by atoms with Gasteiger partial charge in [0.05, 0.1) is 6.21 Å². The second kappa shape index (κ2) is 9.34. The molecule has 6 heteroatoms. The Hall–Kier alpha value is -3.18. The van der Waals surface area contributed by atoms with Crippen LogP contribution >= 0.6 is 11.6 Å². The fourth-order valence-electron chi connectivity index (χ4n) is 2.85. The van der Waals surface area contributed by atoms with Crippen molar-refractivity contribution < 1.29 is 13.9 Å². The van der Waals surface area contributed by atoms with E-state index < -0.39 is 11.7 Å². The SMILES string of the molecule is Cc1cc(/C=N\NC(=O)c2ccc(F)cc2)cc(C)c1OCc1ccc(Cl)cc1. The van der Waals surface area contributed by atoms with E-state index in [4.69, 9.17) is 16.3 Å². The molecule has 0 fully saturated rings. The van der Waals surface area contributed by atoms with Gasteiger partial charge >= 0.3 is 0 Å². The van der Waals surface area contributed by atoms with Gasteiger partial charge in [-0.3, -0.25) is 4.79 Å². The first-order chi connectivity index (χ1) is 13.9. The van der Waals surface area contributed by atoms with E-state index in [1.165, 1.54) is 24.3 Å². The van der Waals surface area contributed by atoms with E-state index in [0.717, 1.165) is 28.0 Å². The summed E-state index contributed by atoms with van der Waals surface area (Å²) in [6.45, 7) is 4.36. The predicted octanol–water partition coefficient (Wildman–Crippen LogP) is 5.44. The molecule has 0 heterocycles. The lowest BCUT2D eigenvalue weighted by atomic mass is 10.1. The van der Waals surface area contributed by atoms with Crippen molar-refractivity contribution >= 4 is 23.7 Å². The van der Waals surface area contributed by atoms with Crippen molar-refractivity contribution in [1.82, 2.24) is 5.43 Å². The van der Waals surface area contributed by atoms with Crippen LogP contribution in [0.4, 0.5) is 4.39 Å². The van der Waals surface area contributed by atoms with Crippen LogP contribution in [-0.2, 0) is 6.61 Å². The van der Waals surface area contributed by atoms with Crippen LogP contribution in [0.5, 0.6) is 5.75 Å². The number of nitrogens with zero attached hydrogens (tertiary/aromatic N) is 1. The van der Waals surface area contributed by atoms with E-state index in [2.05, 4.69) is 10.5 Å². The number of rotatable bonds is 6. The molecule has 0 bridgehead atoms. The fraction of sp³-hybridized carbons (Fsp3) is 0.130. The normalized spacial score (nSPS) is 10.9. The molecule has 4 nitrogen and oxygen atoms in total. The quantitative estimate of drug-likeness (QED) is 0.434. The Morgan fingerprint density at radius 3 is 2.31 bits per heavy atom. The predicted molar refractivity (Wildman–Crippen MR) is 113 cm³/mol. The number of ether oxygens (including phenoxy) is 1. The highest BCUT2D eigenvalue weighted by Gasteiger charge is 2.07. The molecule has 0 aromatic heterocycles. The third kappa shape index (κ3) is 5.65. The number of hydrazone groups is 1. The van der Waals surface area contributed by atoms with Crippen molar-refractivity contribution in [2.24, 2.45) is 5.10 Å². The lowest BCUT2D eigenvalue weighted by Crippen LogP contribution is -2.17. The van der Waals surface area contributed by atoms with E-state index in [-0.39, 0.29) is 0 Å². The number of carbonyl (C=O) groups is 1. The summed E-state index contributed by atoms with van der Waals surface area (Å²) in [5.74, 6) is 0.0134. The molecule has 0 radical (unpaired) electrons. The molecule has 1 N–H and O–H groups in total. The lowest BCUT2D eigenvalue weighted by molar-refractivity contribution is 0.0955. The van der Waals surface area contributed by atoms with Gasteiger partial charge in [-0.2, -0.15) is 5.10 Å². The number of aryl methyl sites for hydroxylation is 2. The first-order valence-corrected chi connectivity index (χ1v) is 9.37. The smallest absolute Gasteiger partial charge is 0.271 e. The summed E-state index contributed by atoms with van der Waals surface area (Å²) >= 11 is 5.90. The van der Waals surface area contributed by atoms with E-state index in [1.807, 2.05) is 50.2 Å². The maximum Gasteiger partial charge on any atom is 0.271 e.